The zero-order valence-corrected chi connectivity index (χ0v) is 9.13. The quantitative estimate of drug-likeness (QED) is 0.688. The van der Waals surface area contributed by atoms with Gasteiger partial charge < -0.3 is 4.74 Å². The van der Waals surface area contributed by atoms with Gasteiger partial charge in [0.2, 0.25) is 0 Å². The molecule has 0 aliphatic heterocycles. The molecule has 0 radical (unpaired) electrons. The predicted octanol–water partition coefficient (Wildman–Crippen LogP) is 2.71. The van der Waals surface area contributed by atoms with E-state index in [0.29, 0.717) is 6.47 Å². The molecule has 0 N–H and O–H groups in total. The van der Waals surface area contributed by atoms with Gasteiger partial charge in [0.05, 0.1) is 0 Å². The second-order valence-electron chi connectivity index (χ2n) is 3.97. The molecule has 14 heavy (non-hydrogen) atoms. The van der Waals surface area contributed by atoms with E-state index < -0.39 is 5.60 Å². The third-order valence-corrected chi connectivity index (χ3v) is 2.60. The highest BCUT2D eigenvalue weighted by atomic mass is 16.5. The van der Waals surface area contributed by atoms with Crippen molar-refractivity contribution in [2.24, 2.45) is 0 Å². The van der Waals surface area contributed by atoms with Gasteiger partial charge in [0.25, 0.3) is 6.47 Å². The average molecular weight is 192 g/mol. The Morgan fingerprint density at radius 3 is 2.50 bits per heavy atom. The zero-order valence-electron chi connectivity index (χ0n) is 9.13. The Morgan fingerprint density at radius 1 is 1.29 bits per heavy atom. The topological polar surface area (TPSA) is 26.3 Å². The third-order valence-electron chi connectivity index (χ3n) is 2.60. The lowest BCUT2D eigenvalue weighted by Gasteiger charge is -2.25. The van der Waals surface area contributed by atoms with Crippen molar-refractivity contribution in [1.29, 1.82) is 0 Å². The molecule has 0 saturated carbocycles. The molecule has 0 aliphatic rings. The molecule has 0 fully saturated rings. The molecule has 0 unspecified atom stereocenters. The van der Waals surface area contributed by atoms with E-state index in [1.165, 1.54) is 11.1 Å². The van der Waals surface area contributed by atoms with E-state index in [1.54, 1.807) is 0 Å². The van der Waals surface area contributed by atoms with Gasteiger partial charge in [-0.3, -0.25) is 4.79 Å². The van der Waals surface area contributed by atoms with E-state index in [0.717, 1.165) is 5.56 Å². The molecule has 0 heterocycles. The summed E-state index contributed by atoms with van der Waals surface area (Å²) < 4.78 is 5.07. The van der Waals surface area contributed by atoms with E-state index in [4.69, 9.17) is 4.74 Å². The molecule has 1 rings (SSSR count). The van der Waals surface area contributed by atoms with Gasteiger partial charge in [0.1, 0.15) is 5.60 Å². The summed E-state index contributed by atoms with van der Waals surface area (Å²) in [4.78, 5) is 10.4. The Kier molecular flexibility index (Phi) is 2.94. The van der Waals surface area contributed by atoms with Gasteiger partial charge in [-0.05, 0) is 44.4 Å². The molecule has 0 atom stereocenters. The fourth-order valence-electron chi connectivity index (χ4n) is 1.59. The summed E-state index contributed by atoms with van der Waals surface area (Å²) in [5.74, 6) is 0. The Balaban J connectivity index is 3.18. The largest absolute Gasteiger partial charge is 0.457 e. The molecule has 0 amide bonds. The second-order valence-corrected chi connectivity index (χ2v) is 3.97. The average Bonchev–Trinajstić information content (AvgIpc) is 2.09. The van der Waals surface area contributed by atoms with E-state index in [9.17, 15) is 4.79 Å². The minimum Gasteiger partial charge on any atom is -0.457 e. The lowest BCUT2D eigenvalue weighted by Crippen LogP contribution is -2.22. The van der Waals surface area contributed by atoms with Crippen molar-refractivity contribution in [3.63, 3.8) is 0 Å². The fourth-order valence-corrected chi connectivity index (χ4v) is 1.59. The Hall–Kier alpha value is -1.31. The van der Waals surface area contributed by atoms with Crippen LogP contribution in [0.3, 0.4) is 0 Å². The summed E-state index contributed by atoms with van der Waals surface area (Å²) in [6.07, 6.45) is 0. The Morgan fingerprint density at radius 2 is 1.93 bits per heavy atom. The number of benzene rings is 1. The number of hydrogen-bond donors (Lipinski definition) is 0. The first kappa shape index (κ1) is 10.8. The van der Waals surface area contributed by atoms with E-state index in [1.807, 2.05) is 32.9 Å². The van der Waals surface area contributed by atoms with Crippen molar-refractivity contribution in [1.82, 2.24) is 0 Å². The first-order valence-corrected chi connectivity index (χ1v) is 4.67. The van der Waals surface area contributed by atoms with Crippen LogP contribution in [-0.2, 0) is 15.1 Å². The normalized spacial score (nSPS) is 11.1. The van der Waals surface area contributed by atoms with Crippen LogP contribution in [0, 0.1) is 13.8 Å². The summed E-state index contributed by atoms with van der Waals surface area (Å²) in [6, 6.07) is 6.02. The second kappa shape index (κ2) is 3.82. The van der Waals surface area contributed by atoms with Crippen molar-refractivity contribution in [2.45, 2.75) is 33.3 Å². The van der Waals surface area contributed by atoms with E-state index >= 15 is 0 Å². The van der Waals surface area contributed by atoms with Crippen molar-refractivity contribution >= 4 is 6.47 Å². The van der Waals surface area contributed by atoms with Gasteiger partial charge in [0, 0.05) is 0 Å². The van der Waals surface area contributed by atoms with E-state index in [-0.39, 0.29) is 0 Å². The van der Waals surface area contributed by atoms with Gasteiger partial charge >= 0.3 is 0 Å². The Bertz CT molecular complexity index is 340. The summed E-state index contributed by atoms with van der Waals surface area (Å²) in [6.45, 7) is 8.38. The Labute approximate surface area is 84.9 Å². The highest BCUT2D eigenvalue weighted by Crippen LogP contribution is 2.28. The smallest absolute Gasteiger partial charge is 0.293 e. The van der Waals surface area contributed by atoms with Crippen molar-refractivity contribution in [3.05, 3.63) is 34.9 Å². The number of carbonyl (C=O) groups excluding carboxylic acids is 1. The van der Waals surface area contributed by atoms with Gasteiger partial charge in [-0.1, -0.05) is 18.2 Å². The van der Waals surface area contributed by atoms with Gasteiger partial charge in [-0.15, -0.1) is 0 Å². The zero-order chi connectivity index (χ0) is 10.8. The molecule has 0 bridgehead atoms. The summed E-state index contributed by atoms with van der Waals surface area (Å²) in [7, 11) is 0. The minimum atomic E-state index is -0.544. The third kappa shape index (κ3) is 1.95. The minimum absolute atomic E-state index is 0.502. The maximum Gasteiger partial charge on any atom is 0.293 e. The number of rotatable bonds is 3. The number of hydrogen-bond acceptors (Lipinski definition) is 2. The van der Waals surface area contributed by atoms with Crippen LogP contribution in [0.15, 0.2) is 18.2 Å². The van der Waals surface area contributed by atoms with Gasteiger partial charge in [-0.2, -0.15) is 0 Å². The van der Waals surface area contributed by atoms with Crippen molar-refractivity contribution in [2.75, 3.05) is 0 Å². The number of aryl methyl sites for hydroxylation is 1. The predicted molar refractivity (Wildman–Crippen MR) is 56.1 cm³/mol. The molecule has 0 saturated heterocycles. The maximum atomic E-state index is 10.4. The van der Waals surface area contributed by atoms with E-state index in [2.05, 4.69) is 13.0 Å². The molecule has 0 spiro atoms. The van der Waals surface area contributed by atoms with Crippen LogP contribution < -0.4 is 0 Å². The fraction of sp³-hybridized carbons (Fsp3) is 0.417. The molecule has 1 aromatic rings. The lowest BCUT2D eigenvalue weighted by molar-refractivity contribution is -0.141. The first-order valence-electron chi connectivity index (χ1n) is 4.67. The molecular weight excluding hydrogens is 176 g/mol. The van der Waals surface area contributed by atoms with Crippen molar-refractivity contribution in [3.8, 4) is 0 Å². The molecule has 2 heteroatoms. The molecule has 2 nitrogen and oxygen atoms in total. The molecule has 76 valence electrons. The summed E-state index contributed by atoms with van der Waals surface area (Å²) in [5, 5.41) is 0. The molecule has 0 aromatic heterocycles. The first-order chi connectivity index (χ1) is 6.49. The van der Waals surface area contributed by atoms with Crippen LogP contribution in [0.4, 0.5) is 0 Å². The number of ether oxygens (including phenoxy) is 1. The van der Waals surface area contributed by atoms with Gasteiger partial charge in [-0.25, -0.2) is 0 Å². The van der Waals surface area contributed by atoms with Crippen LogP contribution in [0.25, 0.3) is 0 Å². The van der Waals surface area contributed by atoms with Crippen LogP contribution >= 0.6 is 0 Å². The van der Waals surface area contributed by atoms with Gasteiger partial charge in [0.15, 0.2) is 0 Å². The van der Waals surface area contributed by atoms with Crippen LogP contribution in [0.5, 0.6) is 0 Å². The van der Waals surface area contributed by atoms with Crippen LogP contribution in [-0.4, -0.2) is 6.47 Å². The molecule has 1 aromatic carbocycles. The SMILES string of the molecule is Cc1cccc(C(C)(C)OC=O)c1C. The highest BCUT2D eigenvalue weighted by molar-refractivity contribution is 5.42. The lowest BCUT2D eigenvalue weighted by atomic mass is 9.91. The molecular formula is C12H16O2. The standard InChI is InChI=1S/C12H16O2/c1-9-6-5-7-11(10(9)2)12(3,4)14-8-13/h5-8H,1-4H3. The van der Waals surface area contributed by atoms with Crippen molar-refractivity contribution < 1.29 is 9.53 Å². The monoisotopic (exact) mass is 192 g/mol. The molecule has 0 aliphatic carbocycles. The summed E-state index contributed by atoms with van der Waals surface area (Å²) in [5.41, 5.74) is 2.91. The van der Waals surface area contributed by atoms with Crippen LogP contribution in [0.1, 0.15) is 30.5 Å². The van der Waals surface area contributed by atoms with Crippen LogP contribution in [0.2, 0.25) is 0 Å². The highest BCUT2D eigenvalue weighted by Gasteiger charge is 2.23. The summed E-state index contributed by atoms with van der Waals surface area (Å²) >= 11 is 0. The maximum absolute atomic E-state index is 10.4. The number of carbonyl (C=O) groups is 1.